The lowest BCUT2D eigenvalue weighted by Crippen LogP contribution is -2.14. The predicted molar refractivity (Wildman–Crippen MR) is 79.5 cm³/mol. The SMILES string of the molecule is N/C(=N/O)c1cnc(Sc2ncccc2Br)c([N+](=O)[O-])c1. The van der Waals surface area contributed by atoms with Gasteiger partial charge in [0, 0.05) is 24.0 Å². The quantitative estimate of drug-likeness (QED) is 0.278. The lowest BCUT2D eigenvalue weighted by atomic mass is 10.2. The van der Waals surface area contributed by atoms with Crippen LogP contribution in [-0.4, -0.2) is 25.9 Å². The van der Waals surface area contributed by atoms with Crippen molar-refractivity contribution in [2.75, 3.05) is 0 Å². The van der Waals surface area contributed by atoms with Crippen molar-refractivity contribution in [1.29, 1.82) is 0 Å². The van der Waals surface area contributed by atoms with Crippen LogP contribution in [0.1, 0.15) is 5.56 Å². The number of halogens is 1. The van der Waals surface area contributed by atoms with Gasteiger partial charge in [0.15, 0.2) is 10.9 Å². The molecule has 8 nitrogen and oxygen atoms in total. The predicted octanol–water partition coefficient (Wildman–Crippen LogP) is 2.39. The molecule has 21 heavy (non-hydrogen) atoms. The molecule has 0 aliphatic rings. The highest BCUT2D eigenvalue weighted by Gasteiger charge is 2.20. The van der Waals surface area contributed by atoms with Crippen molar-refractivity contribution in [1.82, 2.24) is 9.97 Å². The third-order valence-electron chi connectivity index (χ3n) is 2.35. The molecule has 0 saturated carbocycles. The van der Waals surface area contributed by atoms with Crippen LogP contribution in [0.2, 0.25) is 0 Å². The van der Waals surface area contributed by atoms with E-state index in [0.29, 0.717) is 9.50 Å². The molecule has 2 rings (SSSR count). The zero-order valence-corrected chi connectivity index (χ0v) is 12.7. The van der Waals surface area contributed by atoms with E-state index >= 15 is 0 Å². The highest BCUT2D eigenvalue weighted by Crippen LogP contribution is 2.35. The minimum atomic E-state index is -0.583. The average molecular weight is 370 g/mol. The molecule has 0 spiro atoms. The van der Waals surface area contributed by atoms with Gasteiger partial charge in [0.2, 0.25) is 0 Å². The summed E-state index contributed by atoms with van der Waals surface area (Å²) in [7, 11) is 0. The van der Waals surface area contributed by atoms with Crippen LogP contribution in [0.5, 0.6) is 0 Å². The van der Waals surface area contributed by atoms with Crippen LogP contribution in [0.4, 0.5) is 5.69 Å². The van der Waals surface area contributed by atoms with Gasteiger partial charge in [-0.3, -0.25) is 10.1 Å². The summed E-state index contributed by atoms with van der Waals surface area (Å²) in [6.45, 7) is 0. The zero-order valence-electron chi connectivity index (χ0n) is 10.3. The van der Waals surface area contributed by atoms with Crippen LogP contribution in [0.15, 0.2) is 50.3 Å². The molecule has 0 aliphatic heterocycles. The standard InChI is InChI=1S/C11H8BrN5O3S/c12-7-2-1-3-14-10(7)21-11-8(17(19)20)4-6(5-15-11)9(13)16-18/h1-5,18H,(H2,13,16). The number of nitro groups is 1. The van der Waals surface area contributed by atoms with Crippen molar-refractivity contribution in [2.24, 2.45) is 10.9 Å². The van der Waals surface area contributed by atoms with Gasteiger partial charge in [0.25, 0.3) is 0 Å². The lowest BCUT2D eigenvalue weighted by molar-refractivity contribution is -0.388. The fourth-order valence-corrected chi connectivity index (χ4v) is 2.69. The number of rotatable bonds is 4. The van der Waals surface area contributed by atoms with E-state index in [1.54, 1.807) is 18.3 Å². The Morgan fingerprint density at radius 3 is 2.86 bits per heavy atom. The Hall–Kier alpha value is -2.20. The highest BCUT2D eigenvalue weighted by molar-refractivity contribution is 9.10. The third-order valence-corrected chi connectivity index (χ3v) is 4.28. The number of aromatic nitrogens is 2. The second-order valence-electron chi connectivity index (χ2n) is 3.68. The van der Waals surface area contributed by atoms with Gasteiger partial charge in [-0.05, 0) is 39.8 Å². The molecule has 0 amide bonds. The fourth-order valence-electron chi connectivity index (χ4n) is 1.39. The Labute approximate surface area is 131 Å². The van der Waals surface area contributed by atoms with E-state index in [9.17, 15) is 10.1 Å². The molecule has 3 N–H and O–H groups in total. The first kappa shape index (κ1) is 15.2. The van der Waals surface area contributed by atoms with Gasteiger partial charge in [0.1, 0.15) is 5.03 Å². The van der Waals surface area contributed by atoms with Gasteiger partial charge in [-0.25, -0.2) is 9.97 Å². The van der Waals surface area contributed by atoms with E-state index in [4.69, 9.17) is 10.9 Å². The van der Waals surface area contributed by atoms with Crippen LogP contribution in [0.3, 0.4) is 0 Å². The van der Waals surface area contributed by atoms with Crippen LogP contribution in [0.25, 0.3) is 0 Å². The van der Waals surface area contributed by atoms with Gasteiger partial charge in [-0.2, -0.15) is 0 Å². The van der Waals surface area contributed by atoms with Gasteiger partial charge in [-0.1, -0.05) is 5.16 Å². The number of pyridine rings is 2. The highest BCUT2D eigenvalue weighted by atomic mass is 79.9. The van der Waals surface area contributed by atoms with Crippen LogP contribution in [-0.2, 0) is 0 Å². The molecule has 0 unspecified atom stereocenters. The van der Waals surface area contributed by atoms with Crippen LogP contribution < -0.4 is 5.73 Å². The van der Waals surface area contributed by atoms with E-state index in [1.165, 1.54) is 12.3 Å². The monoisotopic (exact) mass is 369 g/mol. The molecule has 0 aliphatic carbocycles. The third kappa shape index (κ3) is 3.47. The topological polar surface area (TPSA) is 128 Å². The van der Waals surface area contributed by atoms with Crippen molar-refractivity contribution >= 4 is 39.2 Å². The van der Waals surface area contributed by atoms with E-state index in [1.807, 2.05) is 0 Å². The Morgan fingerprint density at radius 2 is 2.24 bits per heavy atom. The Balaban J connectivity index is 2.44. The molecule has 2 aromatic heterocycles. The average Bonchev–Trinajstić information content (AvgIpc) is 2.49. The molecule has 0 saturated heterocycles. The van der Waals surface area contributed by atoms with E-state index in [2.05, 4.69) is 31.1 Å². The minimum absolute atomic E-state index is 0.161. The summed E-state index contributed by atoms with van der Waals surface area (Å²) in [5.74, 6) is -0.249. The Bertz CT molecular complexity index is 725. The Kier molecular flexibility index (Phi) is 4.70. The van der Waals surface area contributed by atoms with Crippen molar-refractivity contribution in [2.45, 2.75) is 10.1 Å². The molecule has 108 valence electrons. The number of oxime groups is 1. The molecule has 2 heterocycles. The summed E-state index contributed by atoms with van der Waals surface area (Å²) < 4.78 is 0.701. The summed E-state index contributed by atoms with van der Waals surface area (Å²) in [6, 6.07) is 4.70. The number of hydrogen-bond donors (Lipinski definition) is 2. The maximum Gasteiger partial charge on any atom is 0.302 e. The molecular weight excluding hydrogens is 362 g/mol. The largest absolute Gasteiger partial charge is 0.409 e. The normalized spacial score (nSPS) is 11.4. The smallest absolute Gasteiger partial charge is 0.302 e. The van der Waals surface area contributed by atoms with Crippen molar-refractivity contribution < 1.29 is 10.1 Å². The van der Waals surface area contributed by atoms with Gasteiger partial charge >= 0.3 is 5.69 Å². The summed E-state index contributed by atoms with van der Waals surface area (Å²) in [4.78, 5) is 18.7. The molecule has 0 atom stereocenters. The number of amidine groups is 1. The summed E-state index contributed by atoms with van der Waals surface area (Å²) >= 11 is 4.35. The number of nitrogens with zero attached hydrogens (tertiary/aromatic N) is 4. The minimum Gasteiger partial charge on any atom is -0.409 e. The van der Waals surface area contributed by atoms with Crippen molar-refractivity contribution in [3.05, 3.63) is 50.7 Å². The maximum absolute atomic E-state index is 11.1. The molecule has 10 heteroatoms. The van der Waals surface area contributed by atoms with Crippen molar-refractivity contribution in [3.8, 4) is 0 Å². The fraction of sp³-hybridized carbons (Fsp3) is 0. The molecule has 0 radical (unpaired) electrons. The van der Waals surface area contributed by atoms with E-state index in [-0.39, 0.29) is 22.1 Å². The van der Waals surface area contributed by atoms with Gasteiger partial charge < -0.3 is 10.9 Å². The summed E-state index contributed by atoms with van der Waals surface area (Å²) in [6.07, 6.45) is 2.87. The molecule has 0 aromatic carbocycles. The first-order valence-electron chi connectivity index (χ1n) is 5.43. The van der Waals surface area contributed by atoms with E-state index < -0.39 is 4.92 Å². The zero-order chi connectivity index (χ0) is 15.4. The number of nitrogens with two attached hydrogens (primary N) is 1. The molecule has 0 bridgehead atoms. The first-order valence-corrected chi connectivity index (χ1v) is 7.04. The molecule has 0 fully saturated rings. The van der Waals surface area contributed by atoms with E-state index in [0.717, 1.165) is 11.8 Å². The first-order chi connectivity index (χ1) is 10.0. The van der Waals surface area contributed by atoms with Gasteiger partial charge in [-0.15, -0.1) is 0 Å². The summed E-state index contributed by atoms with van der Waals surface area (Å²) in [5.41, 5.74) is 5.31. The second kappa shape index (κ2) is 6.50. The van der Waals surface area contributed by atoms with Crippen molar-refractivity contribution in [3.63, 3.8) is 0 Å². The summed E-state index contributed by atoms with van der Waals surface area (Å²) in [5, 5.41) is 23.2. The second-order valence-corrected chi connectivity index (χ2v) is 5.51. The van der Waals surface area contributed by atoms with Crippen LogP contribution in [0, 0.1) is 10.1 Å². The lowest BCUT2D eigenvalue weighted by Gasteiger charge is -2.05. The number of hydrogen-bond acceptors (Lipinski definition) is 7. The van der Waals surface area contributed by atoms with Crippen LogP contribution >= 0.6 is 27.7 Å². The van der Waals surface area contributed by atoms with Gasteiger partial charge in [0.05, 0.1) is 9.40 Å². The Morgan fingerprint density at radius 1 is 1.48 bits per heavy atom. The maximum atomic E-state index is 11.1. The molecule has 2 aromatic rings. The molecular formula is C11H8BrN5O3S.